The van der Waals surface area contributed by atoms with E-state index >= 15 is 0 Å². The fraction of sp³-hybridized carbons (Fsp3) is 0.692. The van der Waals surface area contributed by atoms with E-state index < -0.39 is 0 Å². The minimum atomic E-state index is 0.0126. The molecule has 5 heteroatoms. The topological polar surface area (TPSA) is 50.2 Å². The third-order valence-corrected chi connectivity index (χ3v) is 3.97. The summed E-state index contributed by atoms with van der Waals surface area (Å²) in [7, 11) is 1.87. The van der Waals surface area contributed by atoms with Gasteiger partial charge in [-0.25, -0.2) is 4.79 Å². The number of nitrogens with zero attached hydrogens (tertiary/aromatic N) is 3. The number of anilines is 1. The Balaban J connectivity index is 1.59. The number of nitrogens with one attached hydrogen (secondary N) is 1. The molecular formula is C13H20N4O. The first-order valence-corrected chi connectivity index (χ1v) is 6.71. The Kier molecular flexibility index (Phi) is 2.57. The zero-order valence-corrected chi connectivity index (χ0v) is 11.1. The number of hydrogen-bond acceptors (Lipinski definition) is 2. The van der Waals surface area contributed by atoms with Gasteiger partial charge in [0, 0.05) is 31.6 Å². The largest absolute Gasteiger partial charge is 0.323 e. The van der Waals surface area contributed by atoms with Crippen LogP contribution in [0, 0.1) is 5.41 Å². The van der Waals surface area contributed by atoms with Gasteiger partial charge >= 0.3 is 6.03 Å². The van der Waals surface area contributed by atoms with E-state index in [1.54, 1.807) is 4.68 Å². The van der Waals surface area contributed by atoms with Crippen molar-refractivity contribution in [2.24, 2.45) is 12.5 Å². The van der Waals surface area contributed by atoms with Crippen molar-refractivity contribution in [1.29, 1.82) is 0 Å². The average Bonchev–Trinajstić information content (AvgIpc) is 3.00. The van der Waals surface area contributed by atoms with Gasteiger partial charge in [0.05, 0.1) is 5.69 Å². The molecule has 2 heterocycles. The molecule has 0 bridgehead atoms. The maximum atomic E-state index is 12.0. The molecule has 0 radical (unpaired) electrons. The van der Waals surface area contributed by atoms with Crippen molar-refractivity contribution in [2.45, 2.75) is 32.6 Å². The molecule has 3 rings (SSSR count). The first kappa shape index (κ1) is 11.6. The van der Waals surface area contributed by atoms with Gasteiger partial charge in [0.2, 0.25) is 0 Å². The van der Waals surface area contributed by atoms with Gasteiger partial charge in [-0.15, -0.1) is 0 Å². The summed E-state index contributed by atoms with van der Waals surface area (Å²) in [5.41, 5.74) is 1.55. The lowest BCUT2D eigenvalue weighted by atomic mass is 9.98. The first-order chi connectivity index (χ1) is 8.62. The molecule has 0 atom stereocenters. The smallest absolute Gasteiger partial charge is 0.323 e. The fourth-order valence-corrected chi connectivity index (χ4v) is 2.61. The number of aryl methyl sites for hydroxylation is 2. The number of hydrogen-bond donors (Lipinski definition) is 1. The molecule has 1 aliphatic carbocycles. The van der Waals surface area contributed by atoms with Gasteiger partial charge in [0.15, 0.2) is 0 Å². The van der Waals surface area contributed by atoms with Crippen LogP contribution in [0.5, 0.6) is 0 Å². The normalized spacial score (nSPS) is 19.8. The Labute approximate surface area is 107 Å². The maximum absolute atomic E-state index is 12.0. The predicted molar refractivity (Wildman–Crippen MR) is 69.5 cm³/mol. The Hall–Kier alpha value is -1.52. The molecule has 2 aliphatic rings. The van der Waals surface area contributed by atoms with Gasteiger partial charge < -0.3 is 4.90 Å². The quantitative estimate of drug-likeness (QED) is 0.889. The highest BCUT2D eigenvalue weighted by Crippen LogP contribution is 2.52. The molecule has 2 amide bonds. The van der Waals surface area contributed by atoms with Crippen LogP contribution in [0.4, 0.5) is 10.6 Å². The molecule has 0 aromatic carbocycles. The Bertz CT molecular complexity index is 467. The highest BCUT2D eigenvalue weighted by atomic mass is 16.2. The number of rotatable bonds is 3. The van der Waals surface area contributed by atoms with E-state index in [9.17, 15) is 4.79 Å². The van der Waals surface area contributed by atoms with E-state index in [2.05, 4.69) is 17.3 Å². The van der Waals surface area contributed by atoms with Crippen molar-refractivity contribution in [3.8, 4) is 0 Å². The van der Waals surface area contributed by atoms with Gasteiger partial charge in [-0.3, -0.25) is 10.00 Å². The van der Waals surface area contributed by atoms with Crippen molar-refractivity contribution >= 4 is 11.8 Å². The SMILES string of the molecule is CCCc1cc(NC(=O)N2CC3(CC3)C2)n(C)n1. The number of carbonyl (C=O) groups is 1. The van der Waals surface area contributed by atoms with Crippen molar-refractivity contribution in [2.75, 3.05) is 18.4 Å². The summed E-state index contributed by atoms with van der Waals surface area (Å²) in [6.45, 7) is 3.99. The zero-order valence-electron chi connectivity index (χ0n) is 11.1. The van der Waals surface area contributed by atoms with Crippen LogP contribution in [-0.2, 0) is 13.5 Å². The van der Waals surface area contributed by atoms with Crippen LogP contribution in [0.25, 0.3) is 0 Å². The van der Waals surface area contributed by atoms with Gasteiger partial charge in [0.1, 0.15) is 5.82 Å². The van der Waals surface area contributed by atoms with Crippen molar-refractivity contribution in [3.05, 3.63) is 11.8 Å². The van der Waals surface area contributed by atoms with E-state index in [0.29, 0.717) is 5.41 Å². The fourth-order valence-electron chi connectivity index (χ4n) is 2.61. The molecule has 1 N–H and O–H groups in total. The molecule has 1 saturated heterocycles. The Morgan fingerprint density at radius 3 is 2.83 bits per heavy atom. The molecule has 98 valence electrons. The van der Waals surface area contributed by atoms with E-state index in [4.69, 9.17) is 0 Å². The first-order valence-electron chi connectivity index (χ1n) is 6.71. The summed E-state index contributed by atoms with van der Waals surface area (Å²) in [6.07, 6.45) is 4.61. The Morgan fingerprint density at radius 1 is 1.50 bits per heavy atom. The van der Waals surface area contributed by atoms with Crippen LogP contribution in [0.2, 0.25) is 0 Å². The molecular weight excluding hydrogens is 228 g/mol. The standard InChI is InChI=1S/C13H20N4O/c1-3-4-10-7-11(16(2)15-10)14-12(18)17-8-13(9-17)5-6-13/h7H,3-6,8-9H2,1-2H3,(H,14,18). The molecule has 1 aromatic heterocycles. The molecule has 1 aromatic rings. The van der Waals surface area contributed by atoms with Gasteiger partial charge in [-0.1, -0.05) is 13.3 Å². The number of aromatic nitrogens is 2. The van der Waals surface area contributed by atoms with E-state index in [-0.39, 0.29) is 6.03 Å². The minimum absolute atomic E-state index is 0.0126. The van der Waals surface area contributed by atoms with Crippen LogP contribution >= 0.6 is 0 Å². The zero-order chi connectivity index (χ0) is 12.8. The van der Waals surface area contributed by atoms with E-state index in [0.717, 1.165) is 37.4 Å². The lowest BCUT2D eigenvalue weighted by Crippen LogP contribution is -2.53. The minimum Gasteiger partial charge on any atom is -0.323 e. The number of urea groups is 1. The van der Waals surface area contributed by atoms with Crippen LogP contribution in [-0.4, -0.2) is 33.8 Å². The number of likely N-dealkylation sites (tertiary alicyclic amines) is 1. The summed E-state index contributed by atoms with van der Waals surface area (Å²) in [6, 6.07) is 1.98. The van der Waals surface area contributed by atoms with Gasteiger partial charge in [-0.2, -0.15) is 5.10 Å². The summed E-state index contributed by atoms with van der Waals surface area (Å²) >= 11 is 0. The lowest BCUT2D eigenvalue weighted by Gasteiger charge is -2.39. The monoisotopic (exact) mass is 248 g/mol. The molecule has 5 nitrogen and oxygen atoms in total. The summed E-state index contributed by atoms with van der Waals surface area (Å²) in [4.78, 5) is 13.9. The van der Waals surface area contributed by atoms with Crippen molar-refractivity contribution < 1.29 is 4.79 Å². The molecule has 18 heavy (non-hydrogen) atoms. The Morgan fingerprint density at radius 2 is 2.22 bits per heavy atom. The van der Waals surface area contributed by atoms with Crippen LogP contribution in [0.1, 0.15) is 31.9 Å². The van der Waals surface area contributed by atoms with E-state index in [1.165, 1.54) is 12.8 Å². The summed E-state index contributed by atoms with van der Waals surface area (Å²) < 4.78 is 1.75. The lowest BCUT2D eigenvalue weighted by molar-refractivity contribution is 0.116. The van der Waals surface area contributed by atoms with Crippen molar-refractivity contribution in [3.63, 3.8) is 0 Å². The maximum Gasteiger partial charge on any atom is 0.323 e. The van der Waals surface area contributed by atoms with E-state index in [1.807, 2.05) is 18.0 Å². The predicted octanol–water partition coefficient (Wildman–Crippen LogP) is 2.00. The number of carbonyl (C=O) groups excluding carboxylic acids is 1. The van der Waals surface area contributed by atoms with Gasteiger partial charge in [0.25, 0.3) is 0 Å². The molecule has 1 aliphatic heterocycles. The second-order valence-corrected chi connectivity index (χ2v) is 5.68. The molecule has 2 fully saturated rings. The van der Waals surface area contributed by atoms with Crippen LogP contribution in [0.15, 0.2) is 6.07 Å². The molecule has 1 saturated carbocycles. The highest BCUT2D eigenvalue weighted by Gasteiger charge is 2.53. The van der Waals surface area contributed by atoms with Crippen molar-refractivity contribution in [1.82, 2.24) is 14.7 Å². The highest BCUT2D eigenvalue weighted by molar-refractivity contribution is 5.89. The second kappa shape index (κ2) is 4.00. The third kappa shape index (κ3) is 1.98. The summed E-state index contributed by atoms with van der Waals surface area (Å²) in [5.74, 6) is 0.792. The summed E-state index contributed by atoms with van der Waals surface area (Å²) in [5, 5.41) is 7.32. The average molecular weight is 248 g/mol. The number of amides is 2. The van der Waals surface area contributed by atoms with Crippen LogP contribution in [0.3, 0.4) is 0 Å². The molecule has 1 spiro atoms. The van der Waals surface area contributed by atoms with Crippen LogP contribution < -0.4 is 5.32 Å². The third-order valence-electron chi connectivity index (χ3n) is 3.97. The van der Waals surface area contributed by atoms with Gasteiger partial charge in [-0.05, 0) is 19.3 Å². The molecule has 0 unspecified atom stereocenters. The second-order valence-electron chi connectivity index (χ2n) is 5.68.